The molecule has 0 radical (unpaired) electrons. The third kappa shape index (κ3) is 2.16. The second-order valence-electron chi connectivity index (χ2n) is 3.71. The lowest BCUT2D eigenvalue weighted by Gasteiger charge is -2.13. The van der Waals surface area contributed by atoms with Gasteiger partial charge in [-0.1, -0.05) is 36.4 Å². The fourth-order valence-electron chi connectivity index (χ4n) is 1.81. The number of hydrogen-bond donors (Lipinski definition) is 0. The smallest absolute Gasteiger partial charge is 0.143 e. The molecule has 0 unspecified atom stereocenters. The van der Waals surface area contributed by atoms with E-state index in [0.717, 1.165) is 11.3 Å². The van der Waals surface area contributed by atoms with Crippen LogP contribution >= 0.6 is 0 Å². The molecule has 16 heavy (non-hydrogen) atoms. The molecule has 1 aromatic heterocycles. The molecular weight excluding hydrogens is 198 g/mol. The molecule has 0 saturated heterocycles. The van der Waals surface area contributed by atoms with Crippen molar-refractivity contribution in [2.75, 3.05) is 0 Å². The Bertz CT molecular complexity index is 425. The number of hydrogen-bond acceptors (Lipinski definition) is 2. The van der Waals surface area contributed by atoms with E-state index in [1.165, 1.54) is 0 Å². The molecule has 1 atom stereocenters. The monoisotopic (exact) mass is 211 g/mol. The van der Waals surface area contributed by atoms with Crippen molar-refractivity contribution < 1.29 is 4.79 Å². The van der Waals surface area contributed by atoms with Crippen LogP contribution < -0.4 is 0 Å². The summed E-state index contributed by atoms with van der Waals surface area (Å²) in [5.41, 5.74) is 1.80. The number of aromatic nitrogens is 1. The van der Waals surface area contributed by atoms with Gasteiger partial charge in [-0.3, -0.25) is 9.78 Å². The molecule has 0 saturated carbocycles. The molecule has 0 fully saturated rings. The molecule has 80 valence electrons. The Kier molecular flexibility index (Phi) is 3.10. The average molecular weight is 211 g/mol. The Morgan fingerprint density at radius 1 is 1.06 bits per heavy atom. The van der Waals surface area contributed by atoms with Gasteiger partial charge in [-0.15, -0.1) is 0 Å². The van der Waals surface area contributed by atoms with Crippen LogP contribution in [0.1, 0.15) is 24.1 Å². The maximum atomic E-state index is 11.7. The van der Waals surface area contributed by atoms with Gasteiger partial charge in [-0.2, -0.15) is 0 Å². The molecule has 0 aliphatic heterocycles. The van der Waals surface area contributed by atoms with Gasteiger partial charge in [0.1, 0.15) is 5.78 Å². The summed E-state index contributed by atoms with van der Waals surface area (Å²) in [6.07, 6.45) is 1.72. The summed E-state index contributed by atoms with van der Waals surface area (Å²) in [7, 11) is 0. The summed E-state index contributed by atoms with van der Waals surface area (Å²) < 4.78 is 0. The van der Waals surface area contributed by atoms with Crippen molar-refractivity contribution >= 4 is 5.78 Å². The molecule has 0 spiro atoms. The highest BCUT2D eigenvalue weighted by Gasteiger charge is 2.19. The molecule has 0 N–H and O–H groups in total. The van der Waals surface area contributed by atoms with E-state index in [1.807, 2.05) is 48.5 Å². The van der Waals surface area contributed by atoms with Gasteiger partial charge in [0.05, 0.1) is 11.6 Å². The van der Waals surface area contributed by atoms with E-state index in [2.05, 4.69) is 4.98 Å². The maximum Gasteiger partial charge on any atom is 0.143 e. The molecule has 1 aromatic carbocycles. The Hall–Kier alpha value is -1.96. The van der Waals surface area contributed by atoms with E-state index >= 15 is 0 Å². The minimum Gasteiger partial charge on any atom is -0.299 e. The number of rotatable bonds is 3. The van der Waals surface area contributed by atoms with Gasteiger partial charge in [0.15, 0.2) is 0 Å². The standard InChI is InChI=1S/C14H13NO/c1-11(16)14(12-7-3-2-4-8-12)13-9-5-6-10-15-13/h2-10,14H,1H3/t14-/m0/s1. The number of carbonyl (C=O) groups excluding carboxylic acids is 1. The van der Waals surface area contributed by atoms with Gasteiger partial charge < -0.3 is 0 Å². The number of carbonyl (C=O) groups is 1. The van der Waals surface area contributed by atoms with Crippen LogP contribution in [0, 0.1) is 0 Å². The average Bonchev–Trinajstić information content (AvgIpc) is 2.31. The zero-order chi connectivity index (χ0) is 11.4. The highest BCUT2D eigenvalue weighted by Crippen LogP contribution is 2.23. The van der Waals surface area contributed by atoms with Crippen LogP contribution in [0.15, 0.2) is 54.7 Å². The van der Waals surface area contributed by atoms with Gasteiger partial charge in [0.2, 0.25) is 0 Å². The fourth-order valence-corrected chi connectivity index (χ4v) is 1.81. The lowest BCUT2D eigenvalue weighted by Crippen LogP contribution is -2.11. The van der Waals surface area contributed by atoms with Gasteiger partial charge in [-0.05, 0) is 24.6 Å². The summed E-state index contributed by atoms with van der Waals surface area (Å²) in [6, 6.07) is 15.4. The molecule has 2 nitrogen and oxygen atoms in total. The molecule has 2 aromatic rings. The van der Waals surface area contributed by atoms with Crippen LogP contribution in [0.25, 0.3) is 0 Å². The summed E-state index contributed by atoms with van der Waals surface area (Å²) in [4.78, 5) is 16.0. The second-order valence-corrected chi connectivity index (χ2v) is 3.71. The zero-order valence-corrected chi connectivity index (χ0v) is 9.13. The van der Waals surface area contributed by atoms with Crippen LogP contribution in [0.2, 0.25) is 0 Å². The number of benzene rings is 1. The minimum absolute atomic E-state index is 0.116. The lowest BCUT2D eigenvalue weighted by atomic mass is 9.92. The Labute approximate surface area is 95.0 Å². The third-order valence-corrected chi connectivity index (χ3v) is 2.52. The van der Waals surface area contributed by atoms with E-state index in [4.69, 9.17) is 0 Å². The maximum absolute atomic E-state index is 11.7. The predicted octanol–water partition coefficient (Wildman–Crippen LogP) is 2.80. The first-order valence-electron chi connectivity index (χ1n) is 5.25. The topological polar surface area (TPSA) is 30.0 Å². The van der Waals surface area contributed by atoms with Gasteiger partial charge in [-0.25, -0.2) is 0 Å². The van der Waals surface area contributed by atoms with E-state index in [1.54, 1.807) is 13.1 Å². The molecule has 1 heterocycles. The van der Waals surface area contributed by atoms with Crippen LogP contribution in [0.4, 0.5) is 0 Å². The Morgan fingerprint density at radius 3 is 2.31 bits per heavy atom. The SMILES string of the molecule is CC(=O)[C@@H](c1ccccc1)c1ccccn1. The van der Waals surface area contributed by atoms with Crippen molar-refractivity contribution in [3.8, 4) is 0 Å². The summed E-state index contributed by atoms with van der Waals surface area (Å²) >= 11 is 0. The molecule has 0 aliphatic rings. The van der Waals surface area contributed by atoms with Crippen molar-refractivity contribution in [2.45, 2.75) is 12.8 Å². The van der Waals surface area contributed by atoms with Gasteiger partial charge in [0.25, 0.3) is 0 Å². The van der Waals surface area contributed by atoms with Gasteiger partial charge in [0, 0.05) is 6.20 Å². The van der Waals surface area contributed by atoms with Crippen molar-refractivity contribution in [2.24, 2.45) is 0 Å². The van der Waals surface area contributed by atoms with Crippen molar-refractivity contribution in [3.63, 3.8) is 0 Å². The number of ketones is 1. The summed E-state index contributed by atoms with van der Waals surface area (Å²) in [6.45, 7) is 1.60. The highest BCUT2D eigenvalue weighted by molar-refractivity contribution is 5.86. The first kappa shape index (κ1) is 10.6. The van der Waals surface area contributed by atoms with Crippen LogP contribution in [0.5, 0.6) is 0 Å². The number of nitrogens with zero attached hydrogens (tertiary/aromatic N) is 1. The summed E-state index contributed by atoms with van der Waals surface area (Å²) in [5, 5.41) is 0. The first-order chi connectivity index (χ1) is 7.79. The Balaban J connectivity index is 2.44. The molecule has 2 rings (SSSR count). The summed E-state index contributed by atoms with van der Waals surface area (Å²) in [5.74, 6) is -0.132. The zero-order valence-electron chi connectivity index (χ0n) is 9.13. The molecule has 0 amide bonds. The first-order valence-corrected chi connectivity index (χ1v) is 5.25. The third-order valence-electron chi connectivity index (χ3n) is 2.52. The van der Waals surface area contributed by atoms with Crippen LogP contribution in [0.3, 0.4) is 0 Å². The molecule has 2 heteroatoms. The largest absolute Gasteiger partial charge is 0.299 e. The molecular formula is C14H13NO. The van der Waals surface area contributed by atoms with Crippen molar-refractivity contribution in [1.82, 2.24) is 4.98 Å². The fraction of sp³-hybridized carbons (Fsp3) is 0.143. The van der Waals surface area contributed by atoms with Crippen LogP contribution in [-0.4, -0.2) is 10.8 Å². The lowest BCUT2D eigenvalue weighted by molar-refractivity contribution is -0.117. The molecule has 0 bridgehead atoms. The van der Waals surface area contributed by atoms with Crippen molar-refractivity contribution in [1.29, 1.82) is 0 Å². The van der Waals surface area contributed by atoms with Crippen molar-refractivity contribution in [3.05, 3.63) is 66.0 Å². The van der Waals surface area contributed by atoms with Gasteiger partial charge >= 0.3 is 0 Å². The quantitative estimate of drug-likeness (QED) is 0.781. The number of Topliss-reactive ketones (excluding diaryl/α,β-unsaturated/α-hetero) is 1. The number of pyridine rings is 1. The van der Waals surface area contributed by atoms with E-state index in [-0.39, 0.29) is 11.7 Å². The minimum atomic E-state index is -0.248. The van der Waals surface area contributed by atoms with Crippen LogP contribution in [-0.2, 0) is 4.79 Å². The normalized spacial score (nSPS) is 12.1. The van der Waals surface area contributed by atoms with E-state index in [0.29, 0.717) is 0 Å². The second kappa shape index (κ2) is 4.71. The molecule has 0 aliphatic carbocycles. The van der Waals surface area contributed by atoms with E-state index < -0.39 is 0 Å². The Morgan fingerprint density at radius 2 is 1.75 bits per heavy atom. The predicted molar refractivity (Wildman–Crippen MR) is 63.2 cm³/mol. The van der Waals surface area contributed by atoms with E-state index in [9.17, 15) is 4.79 Å². The highest BCUT2D eigenvalue weighted by atomic mass is 16.1.